The highest BCUT2D eigenvalue weighted by molar-refractivity contribution is 5.56. The van der Waals surface area contributed by atoms with E-state index in [9.17, 15) is 5.11 Å². The number of fused-ring (bicyclic) bond motifs is 1. The number of hydrogen-bond acceptors (Lipinski definition) is 2. The number of aryl methyl sites for hydroxylation is 4. The highest BCUT2D eigenvalue weighted by atomic mass is 16.5. The Morgan fingerprint density at radius 1 is 0.857 bits per heavy atom. The number of phenols is 1. The molecule has 0 saturated carbocycles. The molecule has 1 aliphatic heterocycles. The van der Waals surface area contributed by atoms with Crippen LogP contribution in [0.3, 0.4) is 0 Å². The summed E-state index contributed by atoms with van der Waals surface area (Å²) in [6.45, 7) is 10.3. The number of ether oxygens (including phenoxy) is 1. The molecule has 1 heterocycles. The molecule has 0 aliphatic carbocycles. The molecule has 0 aromatic heterocycles. The van der Waals surface area contributed by atoms with Crippen LogP contribution in [0, 0.1) is 27.7 Å². The second-order valence-corrected chi connectivity index (χ2v) is 6.32. The summed E-state index contributed by atoms with van der Waals surface area (Å²) in [4.78, 5) is 0. The van der Waals surface area contributed by atoms with E-state index in [1.807, 2.05) is 13.0 Å². The van der Waals surface area contributed by atoms with Gasteiger partial charge in [0.2, 0.25) is 0 Å². The third-order valence-corrected chi connectivity index (χ3v) is 4.37. The van der Waals surface area contributed by atoms with E-state index in [2.05, 4.69) is 45.9 Å². The number of phenolic OH excluding ortho intramolecular Hbond substituents is 1. The van der Waals surface area contributed by atoms with Gasteiger partial charge >= 0.3 is 0 Å². The molecule has 21 heavy (non-hydrogen) atoms. The average Bonchev–Trinajstić information content (AvgIpc) is 2.71. The summed E-state index contributed by atoms with van der Waals surface area (Å²) in [6.07, 6.45) is 0.0348. The van der Waals surface area contributed by atoms with Crippen molar-refractivity contribution in [1.29, 1.82) is 0 Å². The van der Waals surface area contributed by atoms with Gasteiger partial charge in [-0.2, -0.15) is 0 Å². The number of hydrogen-bond donors (Lipinski definition) is 1. The minimum atomic E-state index is 0.0348. The summed E-state index contributed by atoms with van der Waals surface area (Å²) in [5, 5.41) is 10.5. The van der Waals surface area contributed by atoms with Crippen molar-refractivity contribution in [3.05, 3.63) is 57.6 Å². The monoisotopic (exact) mass is 282 g/mol. The molecule has 2 aromatic carbocycles. The Labute approximate surface area is 126 Å². The fraction of sp³-hybridized carbons (Fsp3) is 0.368. The van der Waals surface area contributed by atoms with Gasteiger partial charge in [-0.25, -0.2) is 0 Å². The Kier molecular flexibility index (Phi) is 3.20. The van der Waals surface area contributed by atoms with Gasteiger partial charge in [-0.15, -0.1) is 0 Å². The van der Waals surface area contributed by atoms with Crippen molar-refractivity contribution in [3.63, 3.8) is 0 Å². The van der Waals surface area contributed by atoms with Crippen molar-refractivity contribution in [2.45, 2.75) is 46.6 Å². The van der Waals surface area contributed by atoms with E-state index in [4.69, 9.17) is 4.74 Å². The summed E-state index contributed by atoms with van der Waals surface area (Å²) >= 11 is 0. The molecule has 0 radical (unpaired) electrons. The van der Waals surface area contributed by atoms with Crippen LogP contribution in [0.5, 0.6) is 11.5 Å². The molecule has 0 bridgehead atoms. The van der Waals surface area contributed by atoms with Gasteiger partial charge in [-0.3, -0.25) is 0 Å². The molecule has 2 nitrogen and oxygen atoms in total. The van der Waals surface area contributed by atoms with Gasteiger partial charge in [-0.1, -0.05) is 35.4 Å². The van der Waals surface area contributed by atoms with E-state index in [0.29, 0.717) is 5.75 Å². The lowest BCUT2D eigenvalue weighted by atomic mass is 9.85. The van der Waals surface area contributed by atoms with Gasteiger partial charge in [0.15, 0.2) is 0 Å². The van der Waals surface area contributed by atoms with Crippen molar-refractivity contribution in [2.24, 2.45) is 0 Å². The standard InChI is InChI=1S/C19H22O2/c1-10-6-12(3)18(20)15(8-10)17-14(5)21-19-13(4)7-11(2)9-16(17)19/h6-9,14,17,20H,1-5H3. The Morgan fingerprint density at radius 2 is 1.43 bits per heavy atom. The van der Waals surface area contributed by atoms with Crippen molar-refractivity contribution in [3.8, 4) is 11.5 Å². The molecule has 1 aliphatic rings. The zero-order chi connectivity index (χ0) is 15.3. The van der Waals surface area contributed by atoms with Crippen molar-refractivity contribution in [1.82, 2.24) is 0 Å². The van der Waals surface area contributed by atoms with Crippen LogP contribution >= 0.6 is 0 Å². The Hall–Kier alpha value is -1.96. The first kappa shape index (κ1) is 14.0. The van der Waals surface area contributed by atoms with E-state index in [1.165, 1.54) is 22.3 Å². The van der Waals surface area contributed by atoms with Crippen LogP contribution in [-0.2, 0) is 0 Å². The molecular formula is C19H22O2. The first-order valence-electron chi connectivity index (χ1n) is 7.46. The lowest BCUT2D eigenvalue weighted by molar-refractivity contribution is 0.236. The topological polar surface area (TPSA) is 29.5 Å². The zero-order valence-electron chi connectivity index (χ0n) is 13.3. The van der Waals surface area contributed by atoms with E-state index < -0.39 is 0 Å². The van der Waals surface area contributed by atoms with Crippen LogP contribution in [-0.4, -0.2) is 11.2 Å². The quantitative estimate of drug-likeness (QED) is 0.832. The summed E-state index contributed by atoms with van der Waals surface area (Å²) in [5.74, 6) is 1.47. The van der Waals surface area contributed by atoms with Crippen molar-refractivity contribution >= 4 is 0 Å². The second kappa shape index (κ2) is 4.80. The van der Waals surface area contributed by atoms with Crippen molar-refractivity contribution in [2.75, 3.05) is 0 Å². The first-order chi connectivity index (χ1) is 9.88. The van der Waals surface area contributed by atoms with E-state index in [-0.39, 0.29) is 12.0 Å². The molecule has 1 N–H and O–H groups in total. The Morgan fingerprint density at radius 3 is 2.10 bits per heavy atom. The SMILES string of the molecule is Cc1cc(C)c(O)c(C2c3cc(C)cc(C)c3OC2C)c1. The molecule has 110 valence electrons. The lowest BCUT2D eigenvalue weighted by Crippen LogP contribution is -2.15. The summed E-state index contributed by atoms with van der Waals surface area (Å²) in [7, 11) is 0. The molecule has 2 unspecified atom stereocenters. The molecule has 0 amide bonds. The second-order valence-electron chi connectivity index (χ2n) is 6.32. The van der Waals surface area contributed by atoms with Crippen LogP contribution in [0.1, 0.15) is 46.2 Å². The van der Waals surface area contributed by atoms with Gasteiger partial charge < -0.3 is 9.84 Å². The first-order valence-corrected chi connectivity index (χ1v) is 7.46. The number of benzene rings is 2. The molecule has 2 heteroatoms. The Balaban J connectivity index is 2.22. The predicted molar refractivity (Wildman–Crippen MR) is 85.4 cm³/mol. The summed E-state index contributed by atoms with van der Waals surface area (Å²) in [5.41, 5.74) is 6.67. The minimum Gasteiger partial charge on any atom is -0.507 e. The molecule has 0 fully saturated rings. The van der Waals surface area contributed by atoms with Gasteiger partial charge in [-0.05, 0) is 45.7 Å². The van der Waals surface area contributed by atoms with Gasteiger partial charge in [0, 0.05) is 11.1 Å². The maximum absolute atomic E-state index is 10.5. The predicted octanol–water partition coefficient (Wildman–Crippen LogP) is 4.54. The normalized spacial score (nSPS) is 20.2. The van der Waals surface area contributed by atoms with E-state index in [0.717, 1.165) is 16.9 Å². The fourth-order valence-corrected chi connectivity index (χ4v) is 3.54. The molecule has 0 spiro atoms. The van der Waals surface area contributed by atoms with Crippen LogP contribution in [0.25, 0.3) is 0 Å². The third-order valence-electron chi connectivity index (χ3n) is 4.37. The van der Waals surface area contributed by atoms with Crippen molar-refractivity contribution < 1.29 is 9.84 Å². The zero-order valence-corrected chi connectivity index (χ0v) is 13.3. The van der Waals surface area contributed by atoms with Crippen LogP contribution in [0.15, 0.2) is 24.3 Å². The van der Waals surface area contributed by atoms with Gasteiger partial charge in [0.25, 0.3) is 0 Å². The van der Waals surface area contributed by atoms with Crippen LogP contribution in [0.2, 0.25) is 0 Å². The summed E-state index contributed by atoms with van der Waals surface area (Å²) in [6, 6.07) is 8.43. The van der Waals surface area contributed by atoms with Gasteiger partial charge in [0.05, 0.1) is 5.92 Å². The molecule has 3 rings (SSSR count). The fourth-order valence-electron chi connectivity index (χ4n) is 3.54. The molecule has 2 aromatic rings. The van der Waals surface area contributed by atoms with Crippen LogP contribution in [0.4, 0.5) is 0 Å². The molecule has 0 saturated heterocycles. The average molecular weight is 282 g/mol. The van der Waals surface area contributed by atoms with Gasteiger partial charge in [0.1, 0.15) is 17.6 Å². The number of rotatable bonds is 1. The lowest BCUT2D eigenvalue weighted by Gasteiger charge is -2.19. The largest absolute Gasteiger partial charge is 0.507 e. The Bertz CT molecular complexity index is 716. The number of aromatic hydroxyl groups is 1. The van der Waals surface area contributed by atoms with Crippen LogP contribution < -0.4 is 4.74 Å². The minimum absolute atomic E-state index is 0.0348. The highest BCUT2D eigenvalue weighted by Gasteiger charge is 2.35. The molecular weight excluding hydrogens is 260 g/mol. The van der Waals surface area contributed by atoms with E-state index in [1.54, 1.807) is 0 Å². The highest BCUT2D eigenvalue weighted by Crippen LogP contribution is 2.47. The maximum Gasteiger partial charge on any atom is 0.126 e. The smallest absolute Gasteiger partial charge is 0.126 e. The summed E-state index contributed by atoms with van der Waals surface area (Å²) < 4.78 is 6.08. The molecule has 2 atom stereocenters. The maximum atomic E-state index is 10.5. The van der Waals surface area contributed by atoms with E-state index >= 15 is 0 Å². The third kappa shape index (κ3) is 2.19.